The molecule has 0 fully saturated rings. The van der Waals surface area contributed by atoms with Gasteiger partial charge in [-0.2, -0.15) is 0 Å². The number of nitrogens with one attached hydrogen (secondary N) is 1. The first kappa shape index (κ1) is 15.4. The molecule has 0 unspecified atom stereocenters. The molecule has 4 aromatic rings. The molecule has 0 atom stereocenters. The predicted molar refractivity (Wildman–Crippen MR) is 101 cm³/mol. The van der Waals surface area contributed by atoms with E-state index in [2.05, 4.69) is 25.3 Å². The molecule has 24 heavy (non-hydrogen) atoms. The van der Waals surface area contributed by atoms with Gasteiger partial charge in [0.2, 0.25) is 0 Å². The van der Waals surface area contributed by atoms with Gasteiger partial charge in [-0.3, -0.25) is 0 Å². The van der Waals surface area contributed by atoms with E-state index in [4.69, 9.17) is 11.6 Å². The van der Waals surface area contributed by atoms with Crippen LogP contribution in [0.1, 0.15) is 10.0 Å². The van der Waals surface area contributed by atoms with Gasteiger partial charge in [0.05, 0.1) is 14.7 Å². The van der Waals surface area contributed by atoms with Gasteiger partial charge in [-0.1, -0.05) is 11.6 Å². The summed E-state index contributed by atoms with van der Waals surface area (Å²) in [6.07, 6.45) is 3.54. The van der Waals surface area contributed by atoms with Crippen LogP contribution in [0.5, 0.6) is 0 Å². The van der Waals surface area contributed by atoms with E-state index in [1.54, 1.807) is 28.9 Å². The van der Waals surface area contributed by atoms with Gasteiger partial charge in [-0.05, 0) is 31.5 Å². The molecule has 1 N–H and O–H groups in total. The van der Waals surface area contributed by atoms with Crippen LogP contribution in [0.2, 0.25) is 5.15 Å². The lowest BCUT2D eigenvalue weighted by Crippen LogP contribution is -1.96. The molecule has 120 valence electrons. The quantitative estimate of drug-likeness (QED) is 0.498. The first-order chi connectivity index (χ1) is 11.6. The Labute approximate surface area is 151 Å². The maximum absolute atomic E-state index is 6.03. The number of hydrogen-bond acceptors (Lipinski definition) is 7. The largest absolute Gasteiger partial charge is 0.322 e. The third kappa shape index (κ3) is 2.86. The summed E-state index contributed by atoms with van der Waals surface area (Å²) in [6, 6.07) is 3.76. The number of aryl methyl sites for hydroxylation is 2. The maximum atomic E-state index is 6.03. The average Bonchev–Trinajstić information content (AvgIpc) is 3.13. The Morgan fingerprint density at radius 1 is 1.12 bits per heavy atom. The molecular weight excluding hydrogens is 362 g/mol. The highest BCUT2D eigenvalue weighted by atomic mass is 35.5. The van der Waals surface area contributed by atoms with Crippen molar-refractivity contribution >= 4 is 56.1 Å². The lowest BCUT2D eigenvalue weighted by Gasteiger charge is -2.07. The second-order valence-electron chi connectivity index (χ2n) is 5.18. The number of fused-ring (bicyclic) bond motifs is 1. The zero-order chi connectivity index (χ0) is 16.7. The summed E-state index contributed by atoms with van der Waals surface area (Å²) < 4.78 is 1.07. The first-order valence-electron chi connectivity index (χ1n) is 7.17. The van der Waals surface area contributed by atoms with Crippen LogP contribution in [0.15, 0.2) is 29.9 Å². The molecule has 0 aromatic carbocycles. The summed E-state index contributed by atoms with van der Waals surface area (Å²) in [5, 5.41) is 7.69. The zero-order valence-electron chi connectivity index (χ0n) is 12.9. The number of halogens is 1. The van der Waals surface area contributed by atoms with E-state index < -0.39 is 0 Å². The van der Waals surface area contributed by atoms with Crippen LogP contribution < -0.4 is 5.32 Å². The van der Waals surface area contributed by atoms with E-state index in [-0.39, 0.29) is 0 Å². The van der Waals surface area contributed by atoms with E-state index in [9.17, 15) is 0 Å². The van der Waals surface area contributed by atoms with Crippen molar-refractivity contribution < 1.29 is 0 Å². The van der Waals surface area contributed by atoms with Crippen molar-refractivity contribution in [3.63, 3.8) is 0 Å². The van der Waals surface area contributed by atoms with Crippen molar-refractivity contribution in [2.75, 3.05) is 5.32 Å². The van der Waals surface area contributed by atoms with Crippen molar-refractivity contribution in [1.82, 2.24) is 19.9 Å². The third-order valence-electron chi connectivity index (χ3n) is 3.43. The zero-order valence-corrected chi connectivity index (χ0v) is 15.3. The number of thiazole rings is 2. The molecule has 5 nitrogen and oxygen atoms in total. The summed E-state index contributed by atoms with van der Waals surface area (Å²) in [5.41, 5.74) is 2.82. The van der Waals surface area contributed by atoms with Crippen molar-refractivity contribution in [3.05, 3.63) is 45.1 Å². The minimum Gasteiger partial charge on any atom is -0.322 e. The minimum absolute atomic E-state index is 0.460. The Hall–Kier alpha value is -2.09. The Balaban J connectivity index is 1.85. The molecule has 0 spiro atoms. The molecule has 0 saturated heterocycles. The van der Waals surface area contributed by atoms with Crippen LogP contribution in [0.3, 0.4) is 0 Å². The number of hydrogen-bond donors (Lipinski definition) is 1. The van der Waals surface area contributed by atoms with Crippen LogP contribution >= 0.6 is 34.3 Å². The van der Waals surface area contributed by atoms with E-state index in [0.29, 0.717) is 11.0 Å². The maximum Gasteiger partial charge on any atom is 0.159 e. The third-order valence-corrected chi connectivity index (χ3v) is 5.41. The fourth-order valence-corrected chi connectivity index (χ4v) is 4.10. The normalized spacial score (nSPS) is 11.1. The molecule has 0 aliphatic carbocycles. The average molecular weight is 374 g/mol. The SMILES string of the molecule is Cc1nc(Nc2ncc(-c3ccnc(Cl)c3)c3sc(C)nc23)cs1. The van der Waals surface area contributed by atoms with Crippen molar-refractivity contribution in [2.24, 2.45) is 0 Å². The molecule has 0 aliphatic rings. The Bertz CT molecular complexity index is 1040. The summed E-state index contributed by atoms with van der Waals surface area (Å²) in [5.74, 6) is 1.50. The molecule has 0 aliphatic heterocycles. The summed E-state index contributed by atoms with van der Waals surface area (Å²) >= 11 is 9.26. The van der Waals surface area contributed by atoms with Crippen LogP contribution in [-0.4, -0.2) is 19.9 Å². The van der Waals surface area contributed by atoms with Gasteiger partial charge in [0.15, 0.2) is 5.82 Å². The van der Waals surface area contributed by atoms with Crippen molar-refractivity contribution in [2.45, 2.75) is 13.8 Å². The van der Waals surface area contributed by atoms with Crippen LogP contribution in [0.25, 0.3) is 21.3 Å². The van der Waals surface area contributed by atoms with Crippen LogP contribution in [-0.2, 0) is 0 Å². The molecule has 0 radical (unpaired) electrons. The number of pyridine rings is 2. The van der Waals surface area contributed by atoms with Crippen LogP contribution in [0, 0.1) is 13.8 Å². The summed E-state index contributed by atoms with van der Waals surface area (Å²) in [6.45, 7) is 3.97. The molecule has 4 aromatic heterocycles. The minimum atomic E-state index is 0.460. The highest BCUT2D eigenvalue weighted by molar-refractivity contribution is 7.19. The second-order valence-corrected chi connectivity index (χ2v) is 7.83. The Kier molecular flexibility index (Phi) is 3.91. The van der Waals surface area contributed by atoms with Gasteiger partial charge in [0, 0.05) is 23.3 Å². The molecule has 0 bridgehead atoms. The Morgan fingerprint density at radius 3 is 2.75 bits per heavy atom. The topological polar surface area (TPSA) is 63.6 Å². The lowest BCUT2D eigenvalue weighted by molar-refractivity contribution is 1.24. The Morgan fingerprint density at radius 2 is 2.00 bits per heavy atom. The van der Waals surface area contributed by atoms with Crippen molar-refractivity contribution in [3.8, 4) is 11.1 Å². The van der Waals surface area contributed by atoms with Crippen LogP contribution in [0.4, 0.5) is 11.6 Å². The summed E-state index contributed by atoms with van der Waals surface area (Å²) in [7, 11) is 0. The van der Waals surface area contributed by atoms with Gasteiger partial charge in [0.1, 0.15) is 16.5 Å². The van der Waals surface area contributed by atoms with E-state index >= 15 is 0 Å². The molecule has 4 rings (SSSR count). The highest BCUT2D eigenvalue weighted by Gasteiger charge is 2.15. The van der Waals surface area contributed by atoms with Crippen molar-refractivity contribution in [1.29, 1.82) is 0 Å². The van der Waals surface area contributed by atoms with Gasteiger partial charge in [-0.15, -0.1) is 22.7 Å². The molecule has 0 amide bonds. The highest BCUT2D eigenvalue weighted by Crippen LogP contribution is 2.36. The summed E-state index contributed by atoms with van der Waals surface area (Å²) in [4.78, 5) is 17.7. The molecular formula is C16H12ClN5S2. The van der Waals surface area contributed by atoms with E-state index in [0.717, 1.165) is 37.2 Å². The molecule has 0 saturated carbocycles. The number of aromatic nitrogens is 4. The lowest BCUT2D eigenvalue weighted by atomic mass is 10.1. The van der Waals surface area contributed by atoms with Gasteiger partial charge >= 0.3 is 0 Å². The smallest absolute Gasteiger partial charge is 0.159 e. The number of rotatable bonds is 3. The first-order valence-corrected chi connectivity index (χ1v) is 9.25. The monoisotopic (exact) mass is 373 g/mol. The van der Waals surface area contributed by atoms with E-state index in [1.807, 2.05) is 37.6 Å². The standard InChI is InChI=1S/C16H12ClN5S2/c1-8-20-13(7-23-8)22-16-14-15(24-9(2)21-14)11(6-19-16)10-3-4-18-12(17)5-10/h3-7H,1-2H3,(H,19,22). The molecule has 4 heterocycles. The van der Waals surface area contributed by atoms with E-state index in [1.165, 1.54) is 0 Å². The number of nitrogens with zero attached hydrogens (tertiary/aromatic N) is 4. The van der Waals surface area contributed by atoms with Gasteiger partial charge in [-0.25, -0.2) is 19.9 Å². The predicted octanol–water partition coefficient (Wildman–Crippen LogP) is 5.22. The second kappa shape index (κ2) is 6.08. The number of anilines is 2. The van der Waals surface area contributed by atoms with Gasteiger partial charge < -0.3 is 5.32 Å². The molecule has 8 heteroatoms. The fraction of sp³-hybridized carbons (Fsp3) is 0.125. The fourth-order valence-electron chi connectivity index (χ4n) is 2.43. The van der Waals surface area contributed by atoms with Gasteiger partial charge in [0.25, 0.3) is 0 Å².